The van der Waals surface area contributed by atoms with E-state index in [4.69, 9.17) is 11.6 Å². The number of hydrogen-bond donors (Lipinski definition) is 0. The molecule has 0 saturated carbocycles. The first-order valence-electron chi connectivity index (χ1n) is 12.3. The maximum Gasteiger partial charge on any atom is 0.416 e. The standard InChI is InChI=1S/C21H29F3N2O2S.C6H5Cl/c1-15(2)3-4-16-13-18(21(22,23)24)5-6-19(16)25-8-10-26(11-9-25)20(27)17-7-12-29(28)14-17;7-6-4-2-1-3-5-6/h5-6,13,15,17H,3-4,7-12,14H2,1-2H3;1-5H. The van der Waals surface area contributed by atoms with Gasteiger partial charge in [0.05, 0.1) is 11.5 Å². The third-order valence-corrected chi connectivity index (χ3v) is 8.21. The van der Waals surface area contributed by atoms with Crippen LogP contribution in [-0.4, -0.2) is 52.7 Å². The highest BCUT2D eigenvalue weighted by Gasteiger charge is 2.34. The van der Waals surface area contributed by atoms with E-state index < -0.39 is 22.5 Å². The average Bonchev–Trinajstić information content (AvgIpc) is 3.29. The van der Waals surface area contributed by atoms with Gasteiger partial charge >= 0.3 is 6.18 Å². The second-order valence-electron chi connectivity index (χ2n) is 9.68. The van der Waals surface area contributed by atoms with Gasteiger partial charge in [0.25, 0.3) is 0 Å². The number of halogens is 4. The Bertz CT molecular complexity index is 1030. The lowest BCUT2D eigenvalue weighted by Gasteiger charge is -2.38. The second-order valence-corrected chi connectivity index (χ2v) is 11.7. The number of rotatable bonds is 5. The van der Waals surface area contributed by atoms with Crippen LogP contribution in [0.4, 0.5) is 18.9 Å². The van der Waals surface area contributed by atoms with Crippen molar-refractivity contribution < 1.29 is 22.2 Å². The van der Waals surface area contributed by atoms with Crippen LogP contribution in [0.5, 0.6) is 0 Å². The van der Waals surface area contributed by atoms with Gasteiger partial charge in [0.1, 0.15) is 0 Å². The molecule has 36 heavy (non-hydrogen) atoms. The van der Waals surface area contributed by atoms with Crippen molar-refractivity contribution in [1.29, 1.82) is 0 Å². The van der Waals surface area contributed by atoms with Crippen molar-refractivity contribution in [2.24, 2.45) is 11.8 Å². The molecule has 2 heterocycles. The molecule has 9 heteroatoms. The Balaban J connectivity index is 0.000000444. The number of nitrogens with zero attached hydrogens (tertiary/aromatic N) is 2. The highest BCUT2D eigenvalue weighted by atomic mass is 35.5. The third-order valence-electron chi connectivity index (χ3n) is 6.49. The molecule has 2 atom stereocenters. The Morgan fingerprint density at radius 3 is 2.25 bits per heavy atom. The summed E-state index contributed by atoms with van der Waals surface area (Å²) in [5.41, 5.74) is 0.954. The summed E-state index contributed by atoms with van der Waals surface area (Å²) in [6, 6.07) is 13.5. The predicted octanol–water partition coefficient (Wildman–Crippen LogP) is 6.05. The molecule has 2 aliphatic heterocycles. The Morgan fingerprint density at radius 1 is 1.08 bits per heavy atom. The van der Waals surface area contributed by atoms with Crippen LogP contribution in [0.25, 0.3) is 0 Å². The number of piperazine rings is 1. The Labute approximate surface area is 219 Å². The molecule has 0 N–H and O–H groups in total. The fraction of sp³-hybridized carbons (Fsp3) is 0.519. The van der Waals surface area contributed by atoms with E-state index in [9.17, 15) is 22.2 Å². The van der Waals surface area contributed by atoms with Crippen molar-refractivity contribution in [3.05, 3.63) is 64.7 Å². The largest absolute Gasteiger partial charge is 0.416 e. The van der Waals surface area contributed by atoms with Gasteiger partial charge in [0, 0.05) is 59.2 Å². The number of amides is 1. The van der Waals surface area contributed by atoms with E-state index in [-0.39, 0.29) is 11.8 Å². The maximum atomic E-state index is 13.2. The lowest BCUT2D eigenvalue weighted by Crippen LogP contribution is -2.50. The number of alkyl halides is 3. The van der Waals surface area contributed by atoms with E-state index in [0.29, 0.717) is 56.4 Å². The van der Waals surface area contributed by atoms with Crippen LogP contribution in [0, 0.1) is 11.8 Å². The third kappa shape index (κ3) is 8.23. The van der Waals surface area contributed by atoms with Crippen molar-refractivity contribution in [1.82, 2.24) is 4.90 Å². The van der Waals surface area contributed by atoms with Crippen LogP contribution in [0.15, 0.2) is 48.5 Å². The quantitative estimate of drug-likeness (QED) is 0.462. The normalized spacial score (nSPS) is 20.3. The SMILES string of the molecule is CC(C)CCc1cc(C(F)(F)F)ccc1N1CCN(C(=O)C2CCS(=O)C2)CC1.Clc1ccccc1. The number of aryl methyl sites for hydroxylation is 1. The number of anilines is 1. The molecular weight excluding hydrogens is 509 g/mol. The number of carbonyl (C=O) groups excluding carboxylic acids is 1. The zero-order chi connectivity index (χ0) is 26.3. The van der Waals surface area contributed by atoms with Gasteiger partial charge < -0.3 is 9.80 Å². The van der Waals surface area contributed by atoms with Gasteiger partial charge in [-0.1, -0.05) is 43.6 Å². The first-order valence-corrected chi connectivity index (χ1v) is 14.2. The van der Waals surface area contributed by atoms with E-state index >= 15 is 0 Å². The van der Waals surface area contributed by atoms with E-state index in [2.05, 4.69) is 18.7 Å². The van der Waals surface area contributed by atoms with Crippen molar-refractivity contribution in [3.8, 4) is 0 Å². The highest BCUT2D eigenvalue weighted by molar-refractivity contribution is 7.85. The molecule has 0 bridgehead atoms. The molecule has 4 rings (SSSR count). The summed E-state index contributed by atoms with van der Waals surface area (Å²) >= 11 is 5.54. The molecule has 0 aromatic heterocycles. The van der Waals surface area contributed by atoms with Gasteiger partial charge in [0.15, 0.2) is 0 Å². The maximum absolute atomic E-state index is 13.2. The Morgan fingerprint density at radius 2 is 1.75 bits per heavy atom. The summed E-state index contributed by atoms with van der Waals surface area (Å²) in [5.74, 6) is 1.39. The van der Waals surface area contributed by atoms with Crippen molar-refractivity contribution in [2.75, 3.05) is 42.6 Å². The van der Waals surface area contributed by atoms with Gasteiger partial charge in [-0.2, -0.15) is 13.2 Å². The van der Waals surface area contributed by atoms with Crippen LogP contribution >= 0.6 is 11.6 Å². The van der Waals surface area contributed by atoms with Crippen LogP contribution in [0.1, 0.15) is 37.8 Å². The second kappa shape index (κ2) is 13.0. The zero-order valence-electron chi connectivity index (χ0n) is 20.8. The molecule has 1 amide bonds. The van der Waals surface area contributed by atoms with Crippen LogP contribution < -0.4 is 4.90 Å². The number of hydrogen-bond acceptors (Lipinski definition) is 3. The van der Waals surface area contributed by atoms with Crippen molar-refractivity contribution >= 4 is 34.0 Å². The van der Waals surface area contributed by atoms with E-state index in [1.807, 2.05) is 35.2 Å². The molecule has 0 spiro atoms. The minimum Gasteiger partial charge on any atom is -0.368 e. The lowest BCUT2D eigenvalue weighted by molar-refractivity contribution is -0.137. The van der Waals surface area contributed by atoms with Gasteiger partial charge in [0.2, 0.25) is 5.91 Å². The summed E-state index contributed by atoms with van der Waals surface area (Å²) in [5, 5.41) is 0.794. The minimum atomic E-state index is -4.35. The van der Waals surface area contributed by atoms with Crippen LogP contribution in [0.2, 0.25) is 5.02 Å². The van der Waals surface area contributed by atoms with E-state index in [1.165, 1.54) is 6.07 Å². The fourth-order valence-electron chi connectivity index (χ4n) is 4.41. The topological polar surface area (TPSA) is 40.6 Å². The molecule has 2 saturated heterocycles. The van der Waals surface area contributed by atoms with E-state index in [1.54, 1.807) is 6.07 Å². The fourth-order valence-corrected chi connectivity index (χ4v) is 6.03. The van der Waals surface area contributed by atoms with Gasteiger partial charge in [-0.05, 0) is 61.1 Å². The van der Waals surface area contributed by atoms with Gasteiger partial charge in [-0.15, -0.1) is 0 Å². The molecule has 4 nitrogen and oxygen atoms in total. The summed E-state index contributed by atoms with van der Waals surface area (Å²) in [4.78, 5) is 16.5. The van der Waals surface area contributed by atoms with Crippen LogP contribution in [0.3, 0.4) is 0 Å². The zero-order valence-corrected chi connectivity index (χ0v) is 22.3. The smallest absolute Gasteiger partial charge is 0.368 e. The van der Waals surface area contributed by atoms with Crippen molar-refractivity contribution in [3.63, 3.8) is 0 Å². The molecule has 2 aromatic rings. The first-order chi connectivity index (χ1) is 17.0. The van der Waals surface area contributed by atoms with E-state index in [0.717, 1.165) is 28.8 Å². The molecule has 2 fully saturated rings. The monoisotopic (exact) mass is 542 g/mol. The lowest BCUT2D eigenvalue weighted by atomic mass is 9.98. The summed E-state index contributed by atoms with van der Waals surface area (Å²) in [6.45, 7) is 6.42. The van der Waals surface area contributed by atoms with Gasteiger partial charge in [-0.3, -0.25) is 9.00 Å². The summed E-state index contributed by atoms with van der Waals surface area (Å²) in [7, 11) is -0.884. The van der Waals surface area contributed by atoms with Crippen molar-refractivity contribution in [2.45, 2.75) is 39.3 Å². The number of carbonyl (C=O) groups is 1. The molecule has 2 aromatic carbocycles. The predicted molar refractivity (Wildman–Crippen MR) is 141 cm³/mol. The number of benzene rings is 2. The van der Waals surface area contributed by atoms with Crippen LogP contribution in [-0.2, 0) is 28.2 Å². The molecule has 198 valence electrons. The Hall–Kier alpha value is -2.06. The molecule has 2 unspecified atom stereocenters. The molecule has 0 aliphatic carbocycles. The summed E-state index contributed by atoms with van der Waals surface area (Å²) < 4.78 is 51.1. The molecular formula is C27H34ClF3N2O2S. The highest BCUT2D eigenvalue weighted by Crippen LogP contribution is 2.34. The average molecular weight is 543 g/mol. The minimum absolute atomic E-state index is 0.0722. The molecule has 0 radical (unpaired) electrons. The molecule has 2 aliphatic rings. The van der Waals surface area contributed by atoms with Gasteiger partial charge in [-0.25, -0.2) is 0 Å². The summed E-state index contributed by atoms with van der Waals surface area (Å²) in [6.07, 6.45) is -2.24. The first kappa shape index (κ1) is 28.5. The Kier molecular flexibility index (Phi) is 10.3.